The molecule has 0 aliphatic heterocycles. The lowest BCUT2D eigenvalue weighted by Gasteiger charge is -2.23. The van der Waals surface area contributed by atoms with E-state index in [1.54, 1.807) is 12.1 Å². The molecule has 1 aromatic carbocycles. The van der Waals surface area contributed by atoms with E-state index in [-0.39, 0.29) is 5.56 Å². The van der Waals surface area contributed by atoms with Crippen molar-refractivity contribution in [1.82, 2.24) is 0 Å². The van der Waals surface area contributed by atoms with Crippen LogP contribution in [0.2, 0.25) is 0 Å². The summed E-state index contributed by atoms with van der Waals surface area (Å²) in [4.78, 5) is 10.8. The molecule has 0 spiro atoms. The van der Waals surface area contributed by atoms with E-state index in [0.717, 1.165) is 11.8 Å². The molecule has 1 aromatic rings. The highest BCUT2D eigenvalue weighted by molar-refractivity contribution is 7.86. The van der Waals surface area contributed by atoms with Gasteiger partial charge in [0.2, 0.25) is 0 Å². The van der Waals surface area contributed by atoms with Gasteiger partial charge in [-0.15, -0.1) is 0 Å². The number of aryl methyl sites for hydroxylation is 1. The molecule has 0 aromatic heterocycles. The predicted octanol–water partition coefficient (Wildman–Crippen LogP) is 1.28. The lowest BCUT2D eigenvalue weighted by molar-refractivity contribution is -0.156. The van der Waals surface area contributed by atoms with E-state index < -0.39 is 28.5 Å². The average Bonchev–Trinajstić information content (AvgIpc) is 2.44. The first-order valence-corrected chi connectivity index (χ1v) is 8.34. The predicted molar refractivity (Wildman–Crippen MR) is 79.2 cm³/mol. The molecular formula is C14H20O7S. The fraction of sp³-hybridized carbons (Fsp3) is 0.500. The Morgan fingerprint density at radius 2 is 1.73 bits per heavy atom. The third kappa shape index (κ3) is 6.10. The molecule has 0 aliphatic rings. The first-order valence-electron chi connectivity index (χ1n) is 6.53. The smallest absolute Gasteiger partial charge is 0.335 e. The standard InChI is InChI=1S/C14H20O7S/c1-19-14(20-2)12(21-22(3,17)18)9-6-10-4-7-11(8-5-10)13(15)16/h4-5,7-8,12,14H,6,9H2,1-3H3,(H,15,16). The zero-order chi connectivity index (χ0) is 16.8. The van der Waals surface area contributed by atoms with Crippen molar-refractivity contribution in [3.05, 3.63) is 35.4 Å². The van der Waals surface area contributed by atoms with E-state index in [0.29, 0.717) is 12.8 Å². The van der Waals surface area contributed by atoms with Crippen LogP contribution in [0.5, 0.6) is 0 Å². The molecule has 1 atom stereocenters. The van der Waals surface area contributed by atoms with Gasteiger partial charge >= 0.3 is 5.97 Å². The third-order valence-corrected chi connectivity index (χ3v) is 3.58. The van der Waals surface area contributed by atoms with Gasteiger partial charge in [0.1, 0.15) is 6.10 Å². The van der Waals surface area contributed by atoms with Crippen molar-refractivity contribution in [3.63, 3.8) is 0 Å². The van der Waals surface area contributed by atoms with Crippen LogP contribution in [0.1, 0.15) is 22.3 Å². The van der Waals surface area contributed by atoms with Crippen molar-refractivity contribution in [1.29, 1.82) is 0 Å². The first-order chi connectivity index (χ1) is 10.3. The number of carboxylic acid groups (broad SMARTS) is 1. The summed E-state index contributed by atoms with van der Waals surface area (Å²) in [5.74, 6) is -0.997. The topological polar surface area (TPSA) is 99.1 Å². The van der Waals surface area contributed by atoms with Crippen molar-refractivity contribution in [2.24, 2.45) is 0 Å². The Morgan fingerprint density at radius 1 is 1.18 bits per heavy atom. The SMILES string of the molecule is COC(OC)C(CCc1ccc(C(=O)O)cc1)OS(C)(=O)=O. The second-order valence-electron chi connectivity index (χ2n) is 4.72. The molecule has 0 saturated heterocycles. The number of carbonyl (C=O) groups is 1. The molecule has 0 heterocycles. The van der Waals surface area contributed by atoms with Gasteiger partial charge in [-0.2, -0.15) is 8.42 Å². The van der Waals surface area contributed by atoms with Crippen LogP contribution in [0.15, 0.2) is 24.3 Å². The van der Waals surface area contributed by atoms with Crippen molar-refractivity contribution >= 4 is 16.1 Å². The molecular weight excluding hydrogens is 312 g/mol. The maximum atomic E-state index is 11.3. The summed E-state index contributed by atoms with van der Waals surface area (Å²) in [6.45, 7) is 0. The lowest BCUT2D eigenvalue weighted by Crippen LogP contribution is -2.34. The van der Waals surface area contributed by atoms with Gasteiger partial charge in [0, 0.05) is 14.2 Å². The van der Waals surface area contributed by atoms with E-state index in [1.807, 2.05) is 0 Å². The molecule has 1 rings (SSSR count). The zero-order valence-electron chi connectivity index (χ0n) is 12.7. The van der Waals surface area contributed by atoms with Crippen LogP contribution in [0.4, 0.5) is 0 Å². The van der Waals surface area contributed by atoms with Gasteiger partial charge in [-0.3, -0.25) is 4.18 Å². The zero-order valence-corrected chi connectivity index (χ0v) is 13.5. The van der Waals surface area contributed by atoms with Gasteiger partial charge in [-0.05, 0) is 30.5 Å². The van der Waals surface area contributed by atoms with E-state index >= 15 is 0 Å². The van der Waals surface area contributed by atoms with Gasteiger partial charge in [-0.1, -0.05) is 12.1 Å². The Bertz CT molecular complexity index is 576. The van der Waals surface area contributed by atoms with E-state index in [1.165, 1.54) is 26.4 Å². The minimum atomic E-state index is -3.65. The van der Waals surface area contributed by atoms with E-state index in [2.05, 4.69) is 0 Å². The number of methoxy groups -OCH3 is 2. The van der Waals surface area contributed by atoms with Crippen LogP contribution < -0.4 is 0 Å². The Kier molecular flexibility index (Phi) is 6.95. The number of hydrogen-bond acceptors (Lipinski definition) is 6. The maximum Gasteiger partial charge on any atom is 0.335 e. The summed E-state index contributed by atoms with van der Waals surface area (Å²) in [6.07, 6.45) is 0.191. The Labute approximate surface area is 129 Å². The van der Waals surface area contributed by atoms with Crippen molar-refractivity contribution in [2.75, 3.05) is 20.5 Å². The number of ether oxygens (including phenoxy) is 2. The second kappa shape index (κ2) is 8.23. The van der Waals surface area contributed by atoms with Gasteiger partial charge in [0.15, 0.2) is 6.29 Å². The minimum absolute atomic E-state index is 0.194. The second-order valence-corrected chi connectivity index (χ2v) is 6.32. The van der Waals surface area contributed by atoms with Crippen molar-refractivity contribution in [3.8, 4) is 0 Å². The summed E-state index contributed by atoms with van der Waals surface area (Å²) >= 11 is 0. The molecule has 124 valence electrons. The van der Waals surface area contributed by atoms with Gasteiger partial charge in [-0.25, -0.2) is 4.79 Å². The summed E-state index contributed by atoms with van der Waals surface area (Å²) in [5.41, 5.74) is 1.05. The molecule has 1 unspecified atom stereocenters. The van der Waals surface area contributed by atoms with Crippen LogP contribution in [-0.2, 0) is 30.2 Å². The minimum Gasteiger partial charge on any atom is -0.478 e. The maximum absolute atomic E-state index is 11.3. The molecule has 8 heteroatoms. The quantitative estimate of drug-likeness (QED) is 0.537. The van der Waals surface area contributed by atoms with E-state index in [4.69, 9.17) is 18.8 Å². The third-order valence-electron chi connectivity index (χ3n) is 2.98. The Balaban J connectivity index is 2.75. The number of carboxylic acids is 1. The van der Waals surface area contributed by atoms with E-state index in [9.17, 15) is 13.2 Å². The monoisotopic (exact) mass is 332 g/mol. The number of benzene rings is 1. The Hall–Kier alpha value is -1.48. The summed E-state index contributed by atoms with van der Waals surface area (Å²) in [7, 11) is -0.854. The molecule has 0 radical (unpaired) electrons. The molecule has 0 amide bonds. The number of aromatic carboxylic acids is 1. The van der Waals surface area contributed by atoms with Crippen molar-refractivity contribution < 1.29 is 32.0 Å². The van der Waals surface area contributed by atoms with Gasteiger partial charge < -0.3 is 14.6 Å². The highest BCUT2D eigenvalue weighted by atomic mass is 32.2. The molecule has 0 saturated carbocycles. The van der Waals surface area contributed by atoms with Gasteiger partial charge in [0.25, 0.3) is 10.1 Å². The van der Waals surface area contributed by atoms with Crippen LogP contribution >= 0.6 is 0 Å². The normalized spacial score (nSPS) is 13.3. The average molecular weight is 332 g/mol. The molecule has 0 fully saturated rings. The summed E-state index contributed by atoms with van der Waals surface area (Å²) < 4.78 is 37.7. The lowest BCUT2D eigenvalue weighted by atomic mass is 10.0. The van der Waals surface area contributed by atoms with Crippen LogP contribution in [0, 0.1) is 0 Å². The Morgan fingerprint density at radius 3 is 2.14 bits per heavy atom. The number of rotatable bonds is 9. The largest absolute Gasteiger partial charge is 0.478 e. The molecule has 0 aliphatic carbocycles. The van der Waals surface area contributed by atoms with Crippen LogP contribution in [0.25, 0.3) is 0 Å². The fourth-order valence-electron chi connectivity index (χ4n) is 1.98. The highest BCUT2D eigenvalue weighted by Gasteiger charge is 2.25. The van der Waals surface area contributed by atoms with Crippen LogP contribution in [0.3, 0.4) is 0 Å². The van der Waals surface area contributed by atoms with Gasteiger partial charge in [0.05, 0.1) is 11.8 Å². The van der Waals surface area contributed by atoms with Crippen LogP contribution in [-0.4, -0.2) is 52.4 Å². The number of hydrogen-bond donors (Lipinski definition) is 1. The fourth-order valence-corrected chi connectivity index (χ4v) is 2.61. The molecule has 22 heavy (non-hydrogen) atoms. The first kappa shape index (κ1) is 18.6. The molecule has 7 nitrogen and oxygen atoms in total. The molecule has 0 bridgehead atoms. The molecule has 1 N–H and O–H groups in total. The van der Waals surface area contributed by atoms with Crippen molar-refractivity contribution in [2.45, 2.75) is 25.2 Å². The highest BCUT2D eigenvalue weighted by Crippen LogP contribution is 2.16. The summed E-state index contributed by atoms with van der Waals surface area (Å²) in [6, 6.07) is 6.34. The summed E-state index contributed by atoms with van der Waals surface area (Å²) in [5, 5.41) is 8.84.